The Balaban J connectivity index is 2.33. The first kappa shape index (κ1) is 12.8. The molecule has 0 heterocycles. The van der Waals surface area contributed by atoms with Crippen LogP contribution in [0.25, 0.3) is 0 Å². The number of carbonyl (C=O) groups is 1. The standard InChI is InChI=1S/C14H15N3O2/c1-19-13-5-3-2-4-12(13)17-9-6-7-11(15)10(8-9)14(16)18/h2-8,17H,15H2,1H3,(H2,16,18). The first-order valence-corrected chi connectivity index (χ1v) is 5.71. The fourth-order valence-electron chi connectivity index (χ4n) is 1.75. The molecule has 2 aromatic carbocycles. The van der Waals surface area contributed by atoms with Gasteiger partial charge in [-0.2, -0.15) is 0 Å². The molecule has 0 aliphatic carbocycles. The Hall–Kier alpha value is -2.69. The van der Waals surface area contributed by atoms with Crippen LogP contribution in [0.3, 0.4) is 0 Å². The molecule has 5 heteroatoms. The van der Waals surface area contributed by atoms with E-state index in [-0.39, 0.29) is 0 Å². The van der Waals surface area contributed by atoms with Crippen molar-refractivity contribution in [1.29, 1.82) is 0 Å². The van der Waals surface area contributed by atoms with Gasteiger partial charge in [0.2, 0.25) is 0 Å². The van der Waals surface area contributed by atoms with Crippen molar-refractivity contribution in [2.24, 2.45) is 5.73 Å². The number of primary amides is 1. The maximum Gasteiger partial charge on any atom is 0.250 e. The lowest BCUT2D eigenvalue weighted by Crippen LogP contribution is -2.13. The smallest absolute Gasteiger partial charge is 0.250 e. The first-order valence-electron chi connectivity index (χ1n) is 5.71. The normalized spacial score (nSPS) is 9.95. The zero-order valence-electron chi connectivity index (χ0n) is 10.5. The molecule has 1 amide bonds. The summed E-state index contributed by atoms with van der Waals surface area (Å²) in [5.41, 5.74) is 13.1. The number of para-hydroxylation sites is 2. The number of hydrogen-bond donors (Lipinski definition) is 3. The summed E-state index contributed by atoms with van der Waals surface area (Å²) in [6.07, 6.45) is 0. The molecular formula is C14H15N3O2. The van der Waals surface area contributed by atoms with Crippen molar-refractivity contribution in [2.45, 2.75) is 0 Å². The third kappa shape index (κ3) is 2.77. The van der Waals surface area contributed by atoms with Crippen LogP contribution in [0.5, 0.6) is 5.75 Å². The predicted octanol–water partition coefficient (Wildman–Crippen LogP) is 2.12. The van der Waals surface area contributed by atoms with Crippen LogP contribution in [0.4, 0.5) is 17.1 Å². The molecule has 0 fully saturated rings. The predicted molar refractivity (Wildman–Crippen MR) is 75.6 cm³/mol. The molecular weight excluding hydrogens is 242 g/mol. The van der Waals surface area contributed by atoms with Gasteiger partial charge in [0.15, 0.2) is 0 Å². The van der Waals surface area contributed by atoms with Gasteiger partial charge in [0, 0.05) is 11.4 Å². The van der Waals surface area contributed by atoms with Crippen LogP contribution in [0, 0.1) is 0 Å². The molecule has 5 nitrogen and oxygen atoms in total. The highest BCUT2D eigenvalue weighted by atomic mass is 16.5. The lowest BCUT2D eigenvalue weighted by Gasteiger charge is -2.12. The number of nitrogens with one attached hydrogen (secondary N) is 1. The van der Waals surface area contributed by atoms with Crippen LogP contribution in [-0.2, 0) is 0 Å². The van der Waals surface area contributed by atoms with Gasteiger partial charge in [-0.3, -0.25) is 4.79 Å². The quantitative estimate of drug-likeness (QED) is 0.732. The van der Waals surface area contributed by atoms with Crippen LogP contribution in [-0.4, -0.2) is 13.0 Å². The molecule has 0 unspecified atom stereocenters. The molecule has 19 heavy (non-hydrogen) atoms. The summed E-state index contributed by atoms with van der Waals surface area (Å²) in [6, 6.07) is 12.5. The largest absolute Gasteiger partial charge is 0.495 e. The molecule has 0 radical (unpaired) electrons. The molecule has 2 aromatic rings. The average molecular weight is 257 g/mol. The third-order valence-electron chi connectivity index (χ3n) is 2.70. The van der Waals surface area contributed by atoms with Crippen LogP contribution in [0.1, 0.15) is 10.4 Å². The van der Waals surface area contributed by atoms with Crippen LogP contribution in [0.15, 0.2) is 42.5 Å². The molecule has 2 rings (SSSR count). The summed E-state index contributed by atoms with van der Waals surface area (Å²) < 4.78 is 5.24. The monoisotopic (exact) mass is 257 g/mol. The van der Waals surface area contributed by atoms with Crippen molar-refractivity contribution in [3.63, 3.8) is 0 Å². The minimum Gasteiger partial charge on any atom is -0.495 e. The second-order valence-corrected chi connectivity index (χ2v) is 3.99. The second-order valence-electron chi connectivity index (χ2n) is 3.99. The fraction of sp³-hybridized carbons (Fsp3) is 0.0714. The van der Waals surface area contributed by atoms with E-state index in [9.17, 15) is 4.79 Å². The van der Waals surface area contributed by atoms with Crippen molar-refractivity contribution < 1.29 is 9.53 Å². The Bertz CT molecular complexity index is 611. The number of rotatable bonds is 4. The molecule has 98 valence electrons. The molecule has 0 aromatic heterocycles. The highest BCUT2D eigenvalue weighted by Crippen LogP contribution is 2.28. The molecule has 0 aliphatic rings. The van der Waals surface area contributed by atoms with Gasteiger partial charge in [0.25, 0.3) is 5.91 Å². The Morgan fingerprint density at radius 1 is 1.21 bits per heavy atom. The zero-order valence-corrected chi connectivity index (χ0v) is 10.5. The highest BCUT2D eigenvalue weighted by molar-refractivity contribution is 5.99. The van der Waals surface area contributed by atoms with Gasteiger partial charge in [-0.25, -0.2) is 0 Å². The van der Waals surface area contributed by atoms with E-state index >= 15 is 0 Å². The number of amides is 1. The molecule has 0 spiro atoms. The van der Waals surface area contributed by atoms with Crippen LogP contribution >= 0.6 is 0 Å². The molecule has 5 N–H and O–H groups in total. The fourth-order valence-corrected chi connectivity index (χ4v) is 1.75. The molecule has 0 atom stereocenters. The summed E-state index contributed by atoms with van der Waals surface area (Å²) in [5, 5.41) is 3.16. The molecule has 0 saturated carbocycles. The second kappa shape index (κ2) is 5.30. The number of anilines is 3. The van der Waals surface area contributed by atoms with Crippen molar-refractivity contribution in [2.75, 3.05) is 18.2 Å². The first-order chi connectivity index (χ1) is 9.11. The minimum atomic E-state index is -0.554. The summed E-state index contributed by atoms with van der Waals surface area (Å²) >= 11 is 0. The Morgan fingerprint density at radius 2 is 1.95 bits per heavy atom. The maximum absolute atomic E-state index is 11.2. The van der Waals surface area contributed by atoms with Gasteiger partial charge in [-0.1, -0.05) is 12.1 Å². The molecule has 0 saturated heterocycles. The van der Waals surface area contributed by atoms with E-state index < -0.39 is 5.91 Å². The van der Waals surface area contributed by atoms with Crippen LogP contribution < -0.4 is 21.5 Å². The van der Waals surface area contributed by atoms with Crippen LogP contribution in [0.2, 0.25) is 0 Å². The molecule has 0 aliphatic heterocycles. The summed E-state index contributed by atoms with van der Waals surface area (Å²) in [4.78, 5) is 11.2. The minimum absolute atomic E-state index is 0.292. The molecule has 0 bridgehead atoms. The number of nitrogen functional groups attached to an aromatic ring is 1. The van der Waals surface area contributed by atoms with Gasteiger partial charge in [-0.05, 0) is 30.3 Å². The van der Waals surface area contributed by atoms with Gasteiger partial charge >= 0.3 is 0 Å². The number of ether oxygens (including phenoxy) is 1. The van der Waals surface area contributed by atoms with E-state index in [0.717, 1.165) is 5.69 Å². The zero-order chi connectivity index (χ0) is 13.8. The highest BCUT2D eigenvalue weighted by Gasteiger charge is 2.08. The lowest BCUT2D eigenvalue weighted by atomic mass is 10.1. The number of carbonyl (C=O) groups excluding carboxylic acids is 1. The lowest BCUT2D eigenvalue weighted by molar-refractivity contribution is 0.100. The maximum atomic E-state index is 11.2. The number of benzene rings is 2. The van der Waals surface area contributed by atoms with Gasteiger partial charge in [0.05, 0.1) is 18.4 Å². The van der Waals surface area contributed by atoms with E-state index in [1.54, 1.807) is 25.3 Å². The summed E-state index contributed by atoms with van der Waals surface area (Å²) in [7, 11) is 1.60. The van der Waals surface area contributed by atoms with Gasteiger partial charge < -0.3 is 21.5 Å². The number of nitrogens with two attached hydrogens (primary N) is 2. The third-order valence-corrected chi connectivity index (χ3v) is 2.70. The Morgan fingerprint density at radius 3 is 2.63 bits per heavy atom. The van der Waals surface area contributed by atoms with E-state index in [1.165, 1.54) is 0 Å². The van der Waals surface area contributed by atoms with Crippen molar-refractivity contribution in [3.05, 3.63) is 48.0 Å². The number of methoxy groups -OCH3 is 1. The van der Waals surface area contributed by atoms with Gasteiger partial charge in [-0.15, -0.1) is 0 Å². The van der Waals surface area contributed by atoms with Crippen molar-refractivity contribution in [3.8, 4) is 5.75 Å². The van der Waals surface area contributed by atoms with E-state index in [2.05, 4.69) is 5.32 Å². The van der Waals surface area contributed by atoms with Gasteiger partial charge in [0.1, 0.15) is 5.75 Å². The van der Waals surface area contributed by atoms with E-state index in [0.29, 0.717) is 22.7 Å². The summed E-state index contributed by atoms with van der Waals surface area (Å²) in [5.74, 6) is 0.154. The topological polar surface area (TPSA) is 90.4 Å². The van der Waals surface area contributed by atoms with Crippen molar-refractivity contribution >= 4 is 23.0 Å². The van der Waals surface area contributed by atoms with E-state index in [4.69, 9.17) is 16.2 Å². The SMILES string of the molecule is COc1ccccc1Nc1ccc(N)c(C(N)=O)c1. The Labute approximate surface area is 111 Å². The number of hydrogen-bond acceptors (Lipinski definition) is 4. The average Bonchev–Trinajstić information content (AvgIpc) is 2.41. The van der Waals surface area contributed by atoms with Crippen molar-refractivity contribution in [1.82, 2.24) is 0 Å². The summed E-state index contributed by atoms with van der Waals surface area (Å²) in [6.45, 7) is 0. The Kier molecular flexibility index (Phi) is 3.56. The van der Waals surface area contributed by atoms with E-state index in [1.807, 2.05) is 24.3 Å².